The zero-order chi connectivity index (χ0) is 31.2. The second-order valence-corrected chi connectivity index (χ2v) is 12.3. The molecule has 1 amide bonds. The van der Waals surface area contributed by atoms with E-state index in [4.69, 9.17) is 19.9 Å². The van der Waals surface area contributed by atoms with Crippen molar-refractivity contribution in [1.82, 2.24) is 10.2 Å². The van der Waals surface area contributed by atoms with Crippen LogP contribution in [0.5, 0.6) is 5.75 Å². The van der Waals surface area contributed by atoms with Crippen LogP contribution in [-0.4, -0.2) is 83.0 Å². The monoisotopic (exact) mass is 621 g/mol. The molecular formula is C34H43N3O8. The van der Waals surface area contributed by atoms with Crippen molar-refractivity contribution in [3.63, 3.8) is 0 Å². The molecule has 6 atom stereocenters. The van der Waals surface area contributed by atoms with Crippen LogP contribution in [0.4, 0.5) is 0 Å². The highest BCUT2D eigenvalue weighted by atomic mass is 16.6. The van der Waals surface area contributed by atoms with E-state index >= 15 is 0 Å². The van der Waals surface area contributed by atoms with E-state index in [0.29, 0.717) is 30.6 Å². The van der Waals surface area contributed by atoms with Gasteiger partial charge in [-0.2, -0.15) is 0 Å². The molecule has 11 heteroatoms. The average molecular weight is 622 g/mol. The lowest BCUT2D eigenvalue weighted by Gasteiger charge is -2.61. The highest BCUT2D eigenvalue weighted by molar-refractivity contribution is 5.83. The van der Waals surface area contributed by atoms with E-state index in [1.165, 1.54) is 6.92 Å². The van der Waals surface area contributed by atoms with Crippen LogP contribution in [0.15, 0.2) is 54.3 Å². The van der Waals surface area contributed by atoms with Crippen molar-refractivity contribution in [3.8, 4) is 5.75 Å². The summed E-state index contributed by atoms with van der Waals surface area (Å²) in [4.78, 5) is 40.2. The Morgan fingerprint density at radius 1 is 1.20 bits per heavy atom. The van der Waals surface area contributed by atoms with E-state index in [2.05, 4.69) is 10.2 Å². The molecule has 1 fully saturated rings. The number of rotatable bonds is 10. The molecule has 45 heavy (non-hydrogen) atoms. The number of likely N-dealkylation sites (tertiary alicyclic amines) is 1. The Bertz CT molecular complexity index is 1500. The normalized spacial score (nSPS) is 27.1. The summed E-state index contributed by atoms with van der Waals surface area (Å²) in [7, 11) is 2.01. The number of nitrogens with one attached hydrogen (secondary N) is 1. The number of benzene rings is 2. The molecule has 2 aromatic rings. The van der Waals surface area contributed by atoms with Gasteiger partial charge in [-0.1, -0.05) is 49.9 Å². The van der Waals surface area contributed by atoms with Crippen LogP contribution in [-0.2, 0) is 48.7 Å². The van der Waals surface area contributed by atoms with Crippen molar-refractivity contribution in [2.45, 2.75) is 88.4 Å². The third-order valence-electron chi connectivity index (χ3n) is 9.75. The van der Waals surface area contributed by atoms with Crippen LogP contribution in [0.3, 0.4) is 0 Å². The average Bonchev–Trinajstić information content (AvgIpc) is 3.36. The lowest BCUT2D eigenvalue weighted by Crippen LogP contribution is -2.74. The Labute approximate surface area is 263 Å². The quantitative estimate of drug-likeness (QED) is 0.287. The summed E-state index contributed by atoms with van der Waals surface area (Å²) in [5.41, 5.74) is 7.49. The van der Waals surface area contributed by atoms with Crippen molar-refractivity contribution in [3.05, 3.63) is 76.6 Å². The third-order valence-corrected chi connectivity index (χ3v) is 9.75. The van der Waals surface area contributed by atoms with Crippen LogP contribution in [0, 0.1) is 0 Å². The lowest BCUT2D eigenvalue weighted by molar-refractivity contribution is -0.175. The van der Waals surface area contributed by atoms with E-state index in [0.717, 1.165) is 23.2 Å². The van der Waals surface area contributed by atoms with E-state index in [9.17, 15) is 24.6 Å². The maximum Gasteiger partial charge on any atom is 0.352 e. The van der Waals surface area contributed by atoms with Gasteiger partial charge in [-0.15, -0.1) is 0 Å². The fraction of sp³-hybridized carbons (Fsp3) is 0.500. The molecule has 4 aliphatic rings. The van der Waals surface area contributed by atoms with Gasteiger partial charge in [0.1, 0.15) is 11.5 Å². The van der Waals surface area contributed by atoms with E-state index in [1.807, 2.05) is 49.5 Å². The molecule has 6 rings (SSSR count). The summed E-state index contributed by atoms with van der Waals surface area (Å²) >= 11 is 0. The maximum absolute atomic E-state index is 13.1. The summed E-state index contributed by atoms with van der Waals surface area (Å²) in [5, 5.41) is 25.0. The molecule has 11 nitrogen and oxygen atoms in total. The Hall–Kier alpha value is -3.77. The van der Waals surface area contributed by atoms with Gasteiger partial charge >= 0.3 is 11.9 Å². The van der Waals surface area contributed by atoms with E-state index in [1.54, 1.807) is 6.08 Å². The largest absolute Gasteiger partial charge is 0.481 e. The van der Waals surface area contributed by atoms with E-state index in [-0.39, 0.29) is 51.1 Å². The lowest BCUT2D eigenvalue weighted by atomic mass is 9.50. The minimum absolute atomic E-state index is 0. The minimum atomic E-state index is -1.22. The number of esters is 2. The predicted molar refractivity (Wildman–Crippen MR) is 165 cm³/mol. The highest BCUT2D eigenvalue weighted by Gasteiger charge is 2.71. The summed E-state index contributed by atoms with van der Waals surface area (Å²) in [5.74, 6) is -1.03. The molecule has 1 spiro atoms. The Morgan fingerprint density at radius 3 is 2.69 bits per heavy atom. The van der Waals surface area contributed by atoms with Gasteiger partial charge in [-0.25, -0.2) is 4.79 Å². The van der Waals surface area contributed by atoms with Crippen LogP contribution in [0.1, 0.15) is 55.9 Å². The summed E-state index contributed by atoms with van der Waals surface area (Å²) in [6.07, 6.45) is 1.40. The third kappa shape index (κ3) is 5.41. The summed E-state index contributed by atoms with van der Waals surface area (Å²) in [6, 6.07) is 12.3. The van der Waals surface area contributed by atoms with Crippen molar-refractivity contribution in [2.24, 2.45) is 5.73 Å². The van der Waals surface area contributed by atoms with Gasteiger partial charge in [0.2, 0.25) is 5.91 Å². The Morgan fingerprint density at radius 2 is 1.96 bits per heavy atom. The van der Waals surface area contributed by atoms with Crippen LogP contribution < -0.4 is 15.8 Å². The molecule has 5 N–H and O–H groups in total. The number of ether oxygens (including phenoxy) is 3. The van der Waals surface area contributed by atoms with E-state index < -0.39 is 41.2 Å². The number of hydrogen-bond acceptors (Lipinski definition) is 10. The minimum Gasteiger partial charge on any atom is -0.481 e. The first kappa shape index (κ1) is 32.6. The molecule has 0 aromatic heterocycles. The number of aliphatic hydroxyl groups is 2. The molecule has 1 saturated heterocycles. The van der Waals surface area contributed by atoms with Crippen LogP contribution in [0.2, 0.25) is 0 Å². The zero-order valence-electron chi connectivity index (χ0n) is 25.0. The second-order valence-electron chi connectivity index (χ2n) is 12.3. The number of carbonyl (C=O) groups is 3. The number of likely N-dealkylation sites (N-methyl/N-ethyl adjacent to an activating group) is 1. The molecule has 2 aliphatic carbocycles. The van der Waals surface area contributed by atoms with Gasteiger partial charge in [0.25, 0.3) is 0 Å². The second kappa shape index (κ2) is 12.6. The van der Waals surface area contributed by atoms with Gasteiger partial charge in [0.05, 0.1) is 30.1 Å². The van der Waals surface area contributed by atoms with Gasteiger partial charge in [0.15, 0.2) is 12.2 Å². The van der Waals surface area contributed by atoms with Crippen molar-refractivity contribution in [2.75, 3.05) is 20.1 Å². The van der Waals surface area contributed by atoms with Crippen molar-refractivity contribution >= 4 is 17.8 Å². The molecule has 242 valence electrons. The number of hydrogen-bond donors (Lipinski definition) is 4. The first-order chi connectivity index (χ1) is 21.1. The van der Waals surface area contributed by atoms with Crippen LogP contribution >= 0.6 is 0 Å². The molecule has 2 aromatic carbocycles. The van der Waals surface area contributed by atoms with Crippen molar-refractivity contribution in [1.29, 1.82) is 0 Å². The smallest absolute Gasteiger partial charge is 0.352 e. The van der Waals surface area contributed by atoms with Gasteiger partial charge in [0, 0.05) is 30.1 Å². The number of carbonyl (C=O) groups excluding carboxylic acids is 3. The number of nitrogens with zero attached hydrogens (tertiary/aromatic N) is 1. The van der Waals surface area contributed by atoms with Crippen LogP contribution in [0.25, 0.3) is 0 Å². The van der Waals surface area contributed by atoms with Crippen molar-refractivity contribution < 1.29 is 38.8 Å². The summed E-state index contributed by atoms with van der Waals surface area (Å²) in [6.45, 7) is 1.93. The number of nitrogens with two attached hydrogens (primary N) is 1. The first-order valence-electron chi connectivity index (χ1n) is 15.1. The first-order valence-corrected chi connectivity index (χ1v) is 15.1. The van der Waals surface area contributed by atoms with Gasteiger partial charge in [-0.05, 0) is 57.0 Å². The Balaban J connectivity index is 0.00000400. The molecule has 0 radical (unpaired) electrons. The number of piperidine rings is 1. The predicted octanol–water partition coefficient (Wildman–Crippen LogP) is 1.64. The summed E-state index contributed by atoms with van der Waals surface area (Å²) < 4.78 is 17.6. The molecular weight excluding hydrogens is 578 g/mol. The highest BCUT2D eigenvalue weighted by Crippen LogP contribution is 2.64. The van der Waals surface area contributed by atoms with Gasteiger partial charge < -0.3 is 40.4 Å². The zero-order valence-corrected chi connectivity index (χ0v) is 25.0. The fourth-order valence-electron chi connectivity index (χ4n) is 7.51. The fourth-order valence-corrected chi connectivity index (χ4v) is 7.51. The maximum atomic E-state index is 13.1. The molecule has 0 saturated carbocycles. The SMILES string of the molecule is C.C[C@H](OC(=O)CCNC(=O)[C@@H](N)Cc1ccccc1)C(=O)OC1=CC[C@@]2(O)[C@H]3Cc4ccc(CO)c5c4[C@@]2(CCN3C)[C@H]1O5. The number of amides is 1. The molecule has 2 heterocycles. The molecule has 2 aliphatic heterocycles. The topological polar surface area (TPSA) is 161 Å². The molecule has 2 bridgehead atoms. The van der Waals surface area contributed by atoms with Gasteiger partial charge in [-0.3, -0.25) is 9.59 Å². The molecule has 0 unspecified atom stereocenters. The Kier molecular flexibility index (Phi) is 9.10. The standard InChI is InChI=1S/C33H39N3O8.CH4/c1-19(42-26(38)11-14-35-30(39)23(34)16-20-6-4-3-5-7-20)31(40)43-24-10-12-33(41)25-17-21-8-9-22(18-37)28-27(21)32(33,29(24)44-28)13-15-36(25)2;/h3-10,19,23,25,29,37,41H,11-18,34H2,1-2H3,(H,35,39);1H4/t19-,23-,25+,29-,32-,33+;/m0./s1. The number of aliphatic hydroxyl groups excluding tert-OH is 1.